The zero-order valence-electron chi connectivity index (χ0n) is 8.48. The molecule has 0 heterocycles. The Morgan fingerprint density at radius 3 is 1.79 bits per heavy atom. The van der Waals surface area contributed by atoms with Crippen LogP contribution in [0.15, 0.2) is 12.7 Å². The van der Waals surface area contributed by atoms with Gasteiger partial charge in [0.05, 0.1) is 19.3 Å². The fourth-order valence-electron chi connectivity index (χ4n) is 1.14. The second-order valence-electron chi connectivity index (χ2n) is 3.19. The minimum atomic E-state index is -0.394. The average molecular weight is 202 g/mol. The van der Waals surface area contributed by atoms with Crippen LogP contribution in [-0.2, 0) is 9.53 Å². The first kappa shape index (κ1) is 13.1. The molecular formula is C10H18O4. The second-order valence-corrected chi connectivity index (χ2v) is 3.19. The van der Waals surface area contributed by atoms with Crippen LogP contribution in [-0.4, -0.2) is 35.5 Å². The SMILES string of the molecule is C=CC(=O)OC.OC1CCC(O)CC1. The molecule has 0 saturated heterocycles. The van der Waals surface area contributed by atoms with Crippen molar-refractivity contribution in [3.8, 4) is 0 Å². The molecule has 0 spiro atoms. The van der Waals surface area contributed by atoms with E-state index in [-0.39, 0.29) is 12.2 Å². The van der Waals surface area contributed by atoms with Crippen molar-refractivity contribution in [3.05, 3.63) is 12.7 Å². The van der Waals surface area contributed by atoms with Crippen LogP contribution >= 0.6 is 0 Å². The van der Waals surface area contributed by atoms with E-state index >= 15 is 0 Å². The number of aliphatic hydroxyl groups excluding tert-OH is 2. The van der Waals surface area contributed by atoms with E-state index in [4.69, 9.17) is 10.2 Å². The molecule has 0 atom stereocenters. The smallest absolute Gasteiger partial charge is 0.329 e. The fourth-order valence-corrected chi connectivity index (χ4v) is 1.14. The molecule has 1 aliphatic rings. The molecule has 0 radical (unpaired) electrons. The summed E-state index contributed by atoms with van der Waals surface area (Å²) >= 11 is 0. The lowest BCUT2D eigenvalue weighted by molar-refractivity contribution is -0.134. The van der Waals surface area contributed by atoms with Gasteiger partial charge in [-0.2, -0.15) is 0 Å². The summed E-state index contributed by atoms with van der Waals surface area (Å²) in [6.45, 7) is 3.16. The van der Waals surface area contributed by atoms with Gasteiger partial charge in [0, 0.05) is 6.08 Å². The maximum absolute atomic E-state index is 9.84. The Morgan fingerprint density at radius 2 is 1.64 bits per heavy atom. The van der Waals surface area contributed by atoms with E-state index in [1.807, 2.05) is 0 Å². The first-order valence-electron chi connectivity index (χ1n) is 4.66. The lowest BCUT2D eigenvalue weighted by atomic mass is 9.95. The van der Waals surface area contributed by atoms with Gasteiger partial charge >= 0.3 is 5.97 Å². The van der Waals surface area contributed by atoms with Gasteiger partial charge in [0.15, 0.2) is 0 Å². The standard InChI is InChI=1S/C6H12O2.C4H6O2/c7-5-1-2-6(8)4-3-5;1-3-4(5)6-2/h5-8H,1-4H2;3H,1H2,2H3. The van der Waals surface area contributed by atoms with E-state index in [2.05, 4.69) is 11.3 Å². The second kappa shape index (κ2) is 7.53. The zero-order valence-corrected chi connectivity index (χ0v) is 8.48. The van der Waals surface area contributed by atoms with Crippen molar-refractivity contribution in [3.63, 3.8) is 0 Å². The number of hydrogen-bond acceptors (Lipinski definition) is 4. The van der Waals surface area contributed by atoms with Crippen LogP contribution in [0, 0.1) is 0 Å². The van der Waals surface area contributed by atoms with Gasteiger partial charge in [-0.3, -0.25) is 0 Å². The van der Waals surface area contributed by atoms with Crippen LogP contribution in [0.1, 0.15) is 25.7 Å². The average Bonchev–Trinajstić information content (AvgIpc) is 2.22. The van der Waals surface area contributed by atoms with E-state index in [0.717, 1.165) is 31.8 Å². The number of methoxy groups -OCH3 is 1. The Balaban J connectivity index is 0.000000255. The summed E-state index contributed by atoms with van der Waals surface area (Å²) in [7, 11) is 1.31. The zero-order chi connectivity index (χ0) is 11.0. The maximum atomic E-state index is 9.84. The highest BCUT2D eigenvalue weighted by Gasteiger charge is 2.15. The maximum Gasteiger partial charge on any atom is 0.329 e. The van der Waals surface area contributed by atoms with E-state index in [0.29, 0.717) is 0 Å². The van der Waals surface area contributed by atoms with Crippen molar-refractivity contribution in [1.82, 2.24) is 0 Å². The fraction of sp³-hybridized carbons (Fsp3) is 0.700. The van der Waals surface area contributed by atoms with Crippen molar-refractivity contribution in [1.29, 1.82) is 0 Å². The molecule has 0 unspecified atom stereocenters. The molecule has 1 saturated carbocycles. The molecule has 82 valence electrons. The van der Waals surface area contributed by atoms with E-state index in [9.17, 15) is 4.79 Å². The van der Waals surface area contributed by atoms with Crippen molar-refractivity contribution in [2.45, 2.75) is 37.9 Å². The molecule has 0 aromatic heterocycles. The summed E-state index contributed by atoms with van der Waals surface area (Å²) in [4.78, 5) is 9.84. The largest absolute Gasteiger partial charge is 0.466 e. The van der Waals surface area contributed by atoms with E-state index in [1.165, 1.54) is 7.11 Å². The summed E-state index contributed by atoms with van der Waals surface area (Å²) < 4.78 is 4.14. The molecule has 1 rings (SSSR count). The topological polar surface area (TPSA) is 66.8 Å². The monoisotopic (exact) mass is 202 g/mol. The lowest BCUT2D eigenvalue weighted by Gasteiger charge is -2.20. The number of rotatable bonds is 1. The quantitative estimate of drug-likeness (QED) is 0.483. The predicted octanol–water partition coefficient (Wildman–Crippen LogP) is 0.628. The van der Waals surface area contributed by atoms with E-state index < -0.39 is 5.97 Å². The third-order valence-electron chi connectivity index (χ3n) is 2.03. The van der Waals surface area contributed by atoms with Crippen LogP contribution in [0.3, 0.4) is 0 Å². The Hall–Kier alpha value is -0.870. The first-order valence-corrected chi connectivity index (χ1v) is 4.66. The number of ether oxygens (including phenoxy) is 1. The van der Waals surface area contributed by atoms with Crippen molar-refractivity contribution >= 4 is 5.97 Å². The van der Waals surface area contributed by atoms with Gasteiger partial charge in [-0.1, -0.05) is 6.58 Å². The third-order valence-corrected chi connectivity index (χ3v) is 2.03. The van der Waals surface area contributed by atoms with Gasteiger partial charge in [-0.15, -0.1) is 0 Å². The van der Waals surface area contributed by atoms with Crippen molar-refractivity contribution < 1.29 is 19.7 Å². The summed E-state index contributed by atoms with van der Waals surface area (Å²) in [6.07, 6.45) is 3.95. The Bertz CT molecular complexity index is 161. The molecular weight excluding hydrogens is 184 g/mol. The summed E-state index contributed by atoms with van der Waals surface area (Å²) in [5, 5.41) is 17.8. The third kappa shape index (κ3) is 6.62. The van der Waals surface area contributed by atoms with Crippen LogP contribution in [0.4, 0.5) is 0 Å². The molecule has 0 aliphatic heterocycles. The number of esters is 1. The summed E-state index contributed by atoms with van der Waals surface area (Å²) in [6, 6.07) is 0. The van der Waals surface area contributed by atoms with Crippen LogP contribution in [0.25, 0.3) is 0 Å². The molecule has 0 aromatic rings. The molecule has 0 amide bonds. The first-order chi connectivity index (χ1) is 6.60. The number of aliphatic hydroxyl groups is 2. The number of carbonyl (C=O) groups is 1. The van der Waals surface area contributed by atoms with Crippen LogP contribution < -0.4 is 0 Å². The predicted molar refractivity (Wildman–Crippen MR) is 52.7 cm³/mol. The van der Waals surface area contributed by atoms with Crippen molar-refractivity contribution in [2.75, 3.05) is 7.11 Å². The molecule has 1 fully saturated rings. The molecule has 0 aromatic carbocycles. The highest BCUT2D eigenvalue weighted by molar-refractivity contribution is 5.80. The van der Waals surface area contributed by atoms with Crippen molar-refractivity contribution in [2.24, 2.45) is 0 Å². The minimum Gasteiger partial charge on any atom is -0.466 e. The molecule has 2 N–H and O–H groups in total. The molecule has 1 aliphatic carbocycles. The van der Waals surface area contributed by atoms with Gasteiger partial charge < -0.3 is 14.9 Å². The summed E-state index contributed by atoms with van der Waals surface area (Å²) in [5.41, 5.74) is 0. The lowest BCUT2D eigenvalue weighted by Crippen LogP contribution is -2.21. The van der Waals surface area contributed by atoms with Gasteiger partial charge in [-0.05, 0) is 25.7 Å². The summed E-state index contributed by atoms with van der Waals surface area (Å²) in [5.74, 6) is -0.394. The minimum absolute atomic E-state index is 0.140. The normalized spacial score (nSPS) is 25.6. The van der Waals surface area contributed by atoms with Gasteiger partial charge in [-0.25, -0.2) is 4.79 Å². The highest BCUT2D eigenvalue weighted by Crippen LogP contribution is 2.17. The van der Waals surface area contributed by atoms with Crippen LogP contribution in [0.5, 0.6) is 0 Å². The molecule has 4 heteroatoms. The Morgan fingerprint density at radius 1 is 1.29 bits per heavy atom. The van der Waals surface area contributed by atoms with Crippen LogP contribution in [0.2, 0.25) is 0 Å². The Kier molecular flexibility index (Phi) is 7.06. The number of carbonyl (C=O) groups excluding carboxylic acids is 1. The van der Waals surface area contributed by atoms with Gasteiger partial charge in [0.1, 0.15) is 0 Å². The molecule has 0 bridgehead atoms. The molecule has 4 nitrogen and oxygen atoms in total. The van der Waals surface area contributed by atoms with Gasteiger partial charge in [0.2, 0.25) is 0 Å². The van der Waals surface area contributed by atoms with E-state index in [1.54, 1.807) is 0 Å². The molecule has 14 heavy (non-hydrogen) atoms. The highest BCUT2D eigenvalue weighted by atomic mass is 16.5. The van der Waals surface area contributed by atoms with Gasteiger partial charge in [0.25, 0.3) is 0 Å². The Labute approximate surface area is 84.2 Å². The number of hydrogen-bond donors (Lipinski definition) is 2.